The molecule has 6 nitrogen and oxygen atoms in total. The Bertz CT molecular complexity index is 1770. The summed E-state index contributed by atoms with van der Waals surface area (Å²) in [6, 6.07) is 39.6. The minimum absolute atomic E-state index is 0.0162. The van der Waals surface area contributed by atoms with Crippen LogP contribution in [-0.2, 0) is 23.4 Å². The molecule has 6 aromatic rings. The number of carbonyl (C=O) groups is 1. The summed E-state index contributed by atoms with van der Waals surface area (Å²) < 4.78 is 12.8. The molecule has 0 saturated heterocycles. The second-order valence-corrected chi connectivity index (χ2v) is 10.8. The Hall–Kier alpha value is -5.23. The van der Waals surface area contributed by atoms with Crippen LogP contribution in [0.1, 0.15) is 42.3 Å². The van der Waals surface area contributed by atoms with E-state index in [2.05, 4.69) is 6.92 Å². The Morgan fingerprint density at radius 2 is 1.07 bits per heavy atom. The van der Waals surface area contributed by atoms with Crippen LogP contribution in [-0.4, -0.2) is 21.0 Å². The van der Waals surface area contributed by atoms with Crippen LogP contribution in [0.2, 0.25) is 0 Å². The summed E-state index contributed by atoms with van der Waals surface area (Å²) in [5.74, 6) is 0.497. The lowest BCUT2D eigenvalue weighted by atomic mass is 9.72. The van der Waals surface area contributed by atoms with E-state index in [9.17, 15) is 9.90 Å². The number of aliphatic carboxylic acids is 1. The number of carboxylic acids is 1. The molecule has 0 unspecified atom stereocenters. The van der Waals surface area contributed by atoms with Gasteiger partial charge in [-0.1, -0.05) is 91.9 Å². The summed E-state index contributed by atoms with van der Waals surface area (Å²) in [5, 5.41) is 11.9. The smallest absolute Gasteiger partial charge is 0.303 e. The van der Waals surface area contributed by atoms with Gasteiger partial charge in [0.1, 0.15) is 24.7 Å². The van der Waals surface area contributed by atoms with Gasteiger partial charge in [0.2, 0.25) is 0 Å². The first kappa shape index (κ1) is 27.9. The van der Waals surface area contributed by atoms with Crippen LogP contribution in [0.25, 0.3) is 21.8 Å². The Balaban J connectivity index is 1.31. The third-order valence-corrected chi connectivity index (χ3v) is 7.87. The van der Waals surface area contributed by atoms with Crippen LogP contribution < -0.4 is 9.47 Å². The van der Waals surface area contributed by atoms with Gasteiger partial charge >= 0.3 is 5.97 Å². The average Bonchev–Trinajstić information content (AvgIpc) is 3.05. The average molecular weight is 569 g/mol. The van der Waals surface area contributed by atoms with Gasteiger partial charge in [-0.2, -0.15) is 0 Å². The van der Waals surface area contributed by atoms with Crippen molar-refractivity contribution in [2.24, 2.45) is 0 Å². The zero-order chi connectivity index (χ0) is 29.6. The normalized spacial score (nSPS) is 11.5. The number of nitrogens with zero attached hydrogens (tertiary/aromatic N) is 2. The van der Waals surface area contributed by atoms with Crippen molar-refractivity contribution in [2.75, 3.05) is 0 Å². The number of benzene rings is 4. The van der Waals surface area contributed by atoms with E-state index in [1.807, 2.05) is 121 Å². The number of hydrogen-bond donors (Lipinski definition) is 1. The molecule has 2 heterocycles. The van der Waals surface area contributed by atoms with Gasteiger partial charge in [-0.25, -0.2) is 9.97 Å². The molecule has 43 heavy (non-hydrogen) atoms. The van der Waals surface area contributed by atoms with E-state index in [4.69, 9.17) is 19.4 Å². The molecule has 1 N–H and O–H groups in total. The van der Waals surface area contributed by atoms with Gasteiger partial charge in [0.15, 0.2) is 0 Å². The minimum Gasteiger partial charge on any atom is -0.487 e. The predicted octanol–water partition coefficient (Wildman–Crippen LogP) is 8.11. The van der Waals surface area contributed by atoms with E-state index in [1.165, 1.54) is 0 Å². The van der Waals surface area contributed by atoms with Crippen molar-refractivity contribution in [3.8, 4) is 11.5 Å². The van der Waals surface area contributed by atoms with Crippen molar-refractivity contribution >= 4 is 27.8 Å². The van der Waals surface area contributed by atoms with Crippen LogP contribution in [0.5, 0.6) is 11.5 Å². The molecule has 0 aliphatic carbocycles. The van der Waals surface area contributed by atoms with E-state index in [0.29, 0.717) is 17.9 Å². The molecular formula is C37H32N2O4. The van der Waals surface area contributed by atoms with Crippen LogP contribution in [0.15, 0.2) is 121 Å². The van der Waals surface area contributed by atoms with Crippen molar-refractivity contribution in [3.05, 3.63) is 144 Å². The van der Waals surface area contributed by atoms with Crippen molar-refractivity contribution in [1.29, 1.82) is 0 Å². The van der Waals surface area contributed by atoms with Crippen LogP contribution in [0, 0.1) is 0 Å². The van der Waals surface area contributed by atoms with Crippen LogP contribution in [0.4, 0.5) is 0 Å². The second-order valence-electron chi connectivity index (χ2n) is 10.8. The zero-order valence-corrected chi connectivity index (χ0v) is 23.9. The molecule has 2 aromatic heterocycles. The summed E-state index contributed by atoms with van der Waals surface area (Å²) >= 11 is 0. The summed E-state index contributed by atoms with van der Waals surface area (Å²) in [7, 11) is 0. The van der Waals surface area contributed by atoms with Gasteiger partial charge in [-0.05, 0) is 42.8 Å². The standard InChI is InChI=1S/C37H32N2O4/c1-37(23-22-36(40)41,30-12-4-8-16-34(30)42-24-28-20-18-26-10-2-6-14-32(26)38-28)31-13-5-9-17-35(31)43-25-29-21-19-27-11-3-7-15-33(27)39-29/h2-21H,22-25H2,1H3,(H,40,41). The monoisotopic (exact) mass is 568 g/mol. The molecule has 0 radical (unpaired) electrons. The topological polar surface area (TPSA) is 81.5 Å². The molecule has 0 saturated carbocycles. The zero-order valence-electron chi connectivity index (χ0n) is 23.9. The highest BCUT2D eigenvalue weighted by molar-refractivity contribution is 5.79. The van der Waals surface area contributed by atoms with E-state index in [-0.39, 0.29) is 19.6 Å². The molecule has 0 amide bonds. The molecule has 6 rings (SSSR count). The lowest BCUT2D eigenvalue weighted by molar-refractivity contribution is -0.137. The lowest BCUT2D eigenvalue weighted by Gasteiger charge is -2.33. The summed E-state index contributed by atoms with van der Waals surface area (Å²) in [6.45, 7) is 2.62. The Labute approximate surface area is 250 Å². The van der Waals surface area contributed by atoms with Crippen molar-refractivity contribution < 1.29 is 19.4 Å². The number of pyridine rings is 2. The lowest BCUT2D eigenvalue weighted by Crippen LogP contribution is -2.26. The maximum atomic E-state index is 11.8. The first-order valence-corrected chi connectivity index (χ1v) is 14.4. The molecule has 0 aliphatic rings. The highest BCUT2D eigenvalue weighted by Gasteiger charge is 2.35. The Morgan fingerprint density at radius 3 is 1.56 bits per heavy atom. The fourth-order valence-corrected chi connectivity index (χ4v) is 5.55. The van der Waals surface area contributed by atoms with E-state index in [1.54, 1.807) is 0 Å². The van der Waals surface area contributed by atoms with Crippen molar-refractivity contribution in [1.82, 2.24) is 9.97 Å². The molecule has 0 spiro atoms. The number of fused-ring (bicyclic) bond motifs is 2. The van der Waals surface area contributed by atoms with Gasteiger partial charge in [0.25, 0.3) is 0 Å². The molecule has 6 heteroatoms. The second kappa shape index (κ2) is 12.3. The van der Waals surface area contributed by atoms with Gasteiger partial charge in [0.05, 0.1) is 22.4 Å². The van der Waals surface area contributed by atoms with E-state index >= 15 is 0 Å². The number of hydrogen-bond acceptors (Lipinski definition) is 5. The third kappa shape index (κ3) is 6.19. The first-order chi connectivity index (χ1) is 21.0. The number of rotatable bonds is 11. The molecule has 0 atom stereocenters. The minimum atomic E-state index is -0.858. The number of carboxylic acid groups (broad SMARTS) is 1. The maximum absolute atomic E-state index is 11.8. The molecule has 0 fully saturated rings. The summed E-state index contributed by atoms with van der Waals surface area (Å²) in [6.07, 6.45) is 0.336. The fraction of sp³-hybridized carbons (Fsp3) is 0.162. The van der Waals surface area contributed by atoms with Gasteiger partial charge < -0.3 is 14.6 Å². The largest absolute Gasteiger partial charge is 0.487 e. The Kier molecular flexibility index (Phi) is 8.01. The van der Waals surface area contributed by atoms with E-state index < -0.39 is 11.4 Å². The van der Waals surface area contributed by atoms with Gasteiger partial charge in [-0.15, -0.1) is 0 Å². The van der Waals surface area contributed by atoms with Crippen LogP contribution >= 0.6 is 0 Å². The molecular weight excluding hydrogens is 536 g/mol. The fourth-order valence-electron chi connectivity index (χ4n) is 5.55. The predicted molar refractivity (Wildman–Crippen MR) is 168 cm³/mol. The highest BCUT2D eigenvalue weighted by Crippen LogP contribution is 2.45. The number of aromatic nitrogens is 2. The van der Waals surface area contributed by atoms with Crippen molar-refractivity contribution in [2.45, 2.75) is 38.4 Å². The van der Waals surface area contributed by atoms with E-state index in [0.717, 1.165) is 44.3 Å². The van der Waals surface area contributed by atoms with Gasteiger partial charge in [-0.3, -0.25) is 4.79 Å². The SMILES string of the molecule is CC(CCC(=O)O)(c1ccccc1OCc1ccc2ccccc2n1)c1ccccc1OCc1ccc2ccccc2n1. The quantitative estimate of drug-likeness (QED) is 0.170. The molecule has 0 bridgehead atoms. The Morgan fingerprint density at radius 1 is 0.628 bits per heavy atom. The molecule has 0 aliphatic heterocycles. The van der Waals surface area contributed by atoms with Crippen LogP contribution in [0.3, 0.4) is 0 Å². The molecule has 214 valence electrons. The summed E-state index contributed by atoms with van der Waals surface area (Å²) in [4.78, 5) is 21.3. The first-order valence-electron chi connectivity index (χ1n) is 14.4. The highest BCUT2D eigenvalue weighted by atomic mass is 16.5. The third-order valence-electron chi connectivity index (χ3n) is 7.87. The number of ether oxygens (including phenoxy) is 2. The van der Waals surface area contributed by atoms with Crippen molar-refractivity contribution in [3.63, 3.8) is 0 Å². The maximum Gasteiger partial charge on any atom is 0.303 e. The summed E-state index contributed by atoms with van der Waals surface area (Å²) in [5.41, 5.74) is 4.50. The molecule has 4 aromatic carbocycles. The number of para-hydroxylation sites is 4. The van der Waals surface area contributed by atoms with Gasteiger partial charge in [0, 0.05) is 33.7 Å².